The average molecular weight is 254 g/mol. The fraction of sp³-hybridized carbons (Fsp3) is 0. The molecule has 0 radical (unpaired) electrons. The van der Waals surface area contributed by atoms with Gasteiger partial charge in [-0.1, -0.05) is 30.3 Å². The Morgan fingerprint density at radius 3 is 2.61 bits per heavy atom. The van der Waals surface area contributed by atoms with Crippen LogP contribution in [0.4, 0.5) is 5.95 Å². The topological polar surface area (TPSA) is 64.7 Å². The van der Waals surface area contributed by atoms with Gasteiger partial charge in [-0.2, -0.15) is 0 Å². The molecule has 0 atom stereocenters. The maximum Gasteiger partial charge on any atom is 0.220 e. The first-order valence-electron chi connectivity index (χ1n) is 5.43. The Bertz CT molecular complexity index is 664. The largest absolute Gasteiger partial charge is 0.368 e. The molecule has 0 aliphatic heterocycles. The van der Waals surface area contributed by atoms with Gasteiger partial charge in [0.25, 0.3) is 0 Å². The number of nitrogen functional groups attached to an aromatic ring is 1. The van der Waals surface area contributed by atoms with E-state index in [4.69, 9.17) is 5.73 Å². The highest BCUT2D eigenvalue weighted by Gasteiger charge is 2.07. The van der Waals surface area contributed by atoms with E-state index in [0.29, 0.717) is 0 Å². The molecule has 88 valence electrons. The van der Waals surface area contributed by atoms with Crippen molar-refractivity contribution in [2.45, 2.75) is 0 Å². The zero-order chi connectivity index (χ0) is 12.4. The molecule has 1 aromatic carbocycles. The van der Waals surface area contributed by atoms with E-state index in [1.54, 1.807) is 17.5 Å². The Labute approximate surface area is 108 Å². The highest BCUT2D eigenvalue weighted by Crippen LogP contribution is 2.30. The van der Waals surface area contributed by atoms with Crippen LogP contribution in [0.5, 0.6) is 0 Å². The van der Waals surface area contributed by atoms with Crippen LogP contribution in [0.2, 0.25) is 0 Å². The lowest BCUT2D eigenvalue weighted by molar-refractivity contribution is 1.19. The molecule has 2 aromatic heterocycles. The third-order valence-electron chi connectivity index (χ3n) is 2.45. The molecule has 0 unspecified atom stereocenters. The van der Waals surface area contributed by atoms with Gasteiger partial charge < -0.3 is 5.73 Å². The van der Waals surface area contributed by atoms with E-state index in [1.807, 2.05) is 42.6 Å². The van der Waals surface area contributed by atoms with Gasteiger partial charge in [0.05, 0.1) is 10.6 Å². The summed E-state index contributed by atoms with van der Waals surface area (Å²) in [6, 6.07) is 11.9. The van der Waals surface area contributed by atoms with Crippen LogP contribution in [0.3, 0.4) is 0 Å². The van der Waals surface area contributed by atoms with Gasteiger partial charge in [-0.3, -0.25) is 0 Å². The van der Waals surface area contributed by atoms with Crippen molar-refractivity contribution >= 4 is 17.3 Å². The van der Waals surface area contributed by atoms with Crippen molar-refractivity contribution in [2.75, 3.05) is 5.73 Å². The summed E-state index contributed by atoms with van der Waals surface area (Å²) in [4.78, 5) is 13.5. The minimum atomic E-state index is 0.280. The molecule has 0 amide bonds. The zero-order valence-electron chi connectivity index (χ0n) is 9.45. The molecule has 0 aliphatic carbocycles. The number of nitrogens with two attached hydrogens (primary N) is 1. The van der Waals surface area contributed by atoms with E-state index >= 15 is 0 Å². The number of rotatable bonds is 2. The highest BCUT2D eigenvalue weighted by molar-refractivity contribution is 7.18. The lowest BCUT2D eigenvalue weighted by atomic mass is 10.2. The third kappa shape index (κ3) is 2.08. The van der Waals surface area contributed by atoms with Gasteiger partial charge in [-0.15, -0.1) is 11.3 Å². The van der Waals surface area contributed by atoms with Gasteiger partial charge >= 0.3 is 0 Å². The summed E-state index contributed by atoms with van der Waals surface area (Å²) in [5, 5.41) is 0.975. The molecule has 3 aromatic rings. The predicted molar refractivity (Wildman–Crippen MR) is 73.0 cm³/mol. The van der Waals surface area contributed by atoms with Crippen LogP contribution in [0.25, 0.3) is 21.1 Å². The normalized spacial score (nSPS) is 10.4. The number of hydrogen-bond acceptors (Lipinski definition) is 5. The molecule has 0 fully saturated rings. The summed E-state index contributed by atoms with van der Waals surface area (Å²) in [6.45, 7) is 0. The highest BCUT2D eigenvalue weighted by atomic mass is 32.1. The van der Waals surface area contributed by atoms with Crippen molar-refractivity contribution in [3.8, 4) is 21.1 Å². The smallest absolute Gasteiger partial charge is 0.220 e. The van der Waals surface area contributed by atoms with Gasteiger partial charge in [0.2, 0.25) is 5.95 Å². The summed E-state index contributed by atoms with van der Waals surface area (Å²) in [5.41, 5.74) is 7.49. The molecule has 5 heteroatoms. The molecule has 4 nitrogen and oxygen atoms in total. The second-order valence-corrected chi connectivity index (χ2v) is 4.73. The van der Waals surface area contributed by atoms with Crippen LogP contribution < -0.4 is 5.73 Å². The molecule has 0 aliphatic rings. The Kier molecular flexibility index (Phi) is 2.74. The van der Waals surface area contributed by atoms with E-state index in [0.717, 1.165) is 21.1 Å². The average Bonchev–Trinajstić information content (AvgIpc) is 2.89. The van der Waals surface area contributed by atoms with Crippen LogP contribution >= 0.6 is 11.3 Å². The van der Waals surface area contributed by atoms with Crippen molar-refractivity contribution < 1.29 is 0 Å². The summed E-state index contributed by atoms with van der Waals surface area (Å²) < 4.78 is 0. The van der Waals surface area contributed by atoms with Crippen molar-refractivity contribution in [1.29, 1.82) is 0 Å². The van der Waals surface area contributed by atoms with Gasteiger partial charge in [0.1, 0.15) is 5.01 Å². The third-order valence-corrected chi connectivity index (χ3v) is 3.52. The van der Waals surface area contributed by atoms with Crippen molar-refractivity contribution in [1.82, 2.24) is 15.0 Å². The molecule has 0 saturated heterocycles. The first-order valence-corrected chi connectivity index (χ1v) is 6.25. The minimum absolute atomic E-state index is 0.280. The fourth-order valence-electron chi connectivity index (χ4n) is 1.62. The first kappa shape index (κ1) is 10.9. The molecule has 0 spiro atoms. The lowest BCUT2D eigenvalue weighted by Gasteiger charge is -1.96. The molecule has 3 rings (SSSR count). The fourth-order valence-corrected chi connectivity index (χ4v) is 2.51. The van der Waals surface area contributed by atoms with Crippen molar-refractivity contribution in [3.63, 3.8) is 0 Å². The summed E-state index contributed by atoms with van der Waals surface area (Å²) >= 11 is 1.59. The maximum atomic E-state index is 5.58. The van der Waals surface area contributed by atoms with E-state index in [1.165, 1.54) is 0 Å². The quantitative estimate of drug-likeness (QED) is 0.763. The number of anilines is 1. The number of thiazole rings is 1. The SMILES string of the molecule is Nc1nccc(-c2cnc(-c3ccccc3)s2)n1. The predicted octanol–water partition coefficient (Wildman–Crippen LogP) is 2.85. The van der Waals surface area contributed by atoms with Gasteiger partial charge in [0.15, 0.2) is 0 Å². The van der Waals surface area contributed by atoms with Crippen molar-refractivity contribution in [2.24, 2.45) is 0 Å². The lowest BCUT2D eigenvalue weighted by Crippen LogP contribution is -1.93. The first-order chi connectivity index (χ1) is 8.83. The Balaban J connectivity index is 2.00. The molecule has 2 N–H and O–H groups in total. The summed E-state index contributed by atoms with van der Waals surface area (Å²) in [6.07, 6.45) is 3.47. The van der Waals surface area contributed by atoms with Gasteiger partial charge in [0, 0.05) is 18.0 Å². The molecule has 2 heterocycles. The van der Waals surface area contributed by atoms with Crippen LogP contribution in [0.1, 0.15) is 0 Å². The molecular weight excluding hydrogens is 244 g/mol. The molecule has 0 bridgehead atoms. The number of aromatic nitrogens is 3. The van der Waals surface area contributed by atoms with Crippen LogP contribution in [0.15, 0.2) is 48.8 Å². The number of nitrogens with zero attached hydrogens (tertiary/aromatic N) is 3. The monoisotopic (exact) mass is 254 g/mol. The molecular formula is C13H10N4S. The van der Waals surface area contributed by atoms with Crippen LogP contribution in [-0.2, 0) is 0 Å². The summed E-state index contributed by atoms with van der Waals surface area (Å²) in [7, 11) is 0. The van der Waals surface area contributed by atoms with Gasteiger partial charge in [-0.25, -0.2) is 15.0 Å². The molecule has 18 heavy (non-hydrogen) atoms. The Morgan fingerprint density at radius 2 is 1.83 bits per heavy atom. The zero-order valence-corrected chi connectivity index (χ0v) is 10.3. The number of hydrogen-bond donors (Lipinski definition) is 1. The van der Waals surface area contributed by atoms with E-state index < -0.39 is 0 Å². The molecule has 0 saturated carbocycles. The second-order valence-electron chi connectivity index (χ2n) is 3.70. The van der Waals surface area contributed by atoms with E-state index in [-0.39, 0.29) is 5.95 Å². The second kappa shape index (κ2) is 4.54. The van der Waals surface area contributed by atoms with Crippen LogP contribution in [-0.4, -0.2) is 15.0 Å². The van der Waals surface area contributed by atoms with Gasteiger partial charge in [-0.05, 0) is 6.07 Å². The minimum Gasteiger partial charge on any atom is -0.368 e. The maximum absolute atomic E-state index is 5.58. The standard InChI is InChI=1S/C13H10N4S/c14-13-15-7-6-10(17-13)11-8-16-12(18-11)9-4-2-1-3-5-9/h1-8H,(H2,14,15,17). The van der Waals surface area contributed by atoms with E-state index in [9.17, 15) is 0 Å². The van der Waals surface area contributed by atoms with Crippen LogP contribution in [0, 0.1) is 0 Å². The summed E-state index contributed by atoms with van der Waals surface area (Å²) in [5.74, 6) is 0.280. The van der Waals surface area contributed by atoms with Crippen molar-refractivity contribution in [3.05, 3.63) is 48.8 Å². The number of benzene rings is 1. The Hall–Kier alpha value is -2.27. The Morgan fingerprint density at radius 1 is 1.00 bits per heavy atom. The van der Waals surface area contributed by atoms with E-state index in [2.05, 4.69) is 15.0 Å².